The predicted molar refractivity (Wildman–Crippen MR) is 72.6 cm³/mol. The van der Waals surface area contributed by atoms with Gasteiger partial charge in [-0.05, 0) is 48.0 Å². The molecule has 2 amide bonds. The number of carbonyl (C=O) groups is 1. The van der Waals surface area contributed by atoms with Crippen LogP contribution in [0.4, 0.5) is 10.5 Å². The number of urea groups is 1. The maximum Gasteiger partial charge on any atom is 0.321 e. The van der Waals surface area contributed by atoms with E-state index in [1.165, 1.54) is 0 Å². The van der Waals surface area contributed by atoms with E-state index < -0.39 is 0 Å². The molecule has 1 N–H and O–H groups in total. The SMILES string of the molecule is CCN(CC)C(=O)Nc1ccc(OC)c(Br)c1. The smallest absolute Gasteiger partial charge is 0.321 e. The quantitative estimate of drug-likeness (QED) is 0.927. The number of nitrogens with one attached hydrogen (secondary N) is 1. The number of carbonyl (C=O) groups excluding carboxylic acids is 1. The second-order valence-electron chi connectivity index (χ2n) is 3.45. The molecule has 0 aromatic heterocycles. The molecule has 0 aliphatic heterocycles. The summed E-state index contributed by atoms with van der Waals surface area (Å²) in [6.45, 7) is 5.29. The van der Waals surface area contributed by atoms with Crippen molar-refractivity contribution < 1.29 is 9.53 Å². The van der Waals surface area contributed by atoms with Gasteiger partial charge in [-0.1, -0.05) is 0 Å². The van der Waals surface area contributed by atoms with E-state index in [-0.39, 0.29) is 6.03 Å². The van der Waals surface area contributed by atoms with Crippen LogP contribution in [0.15, 0.2) is 22.7 Å². The zero-order valence-corrected chi connectivity index (χ0v) is 11.9. The average molecular weight is 301 g/mol. The van der Waals surface area contributed by atoms with Crippen molar-refractivity contribution in [2.45, 2.75) is 13.8 Å². The minimum atomic E-state index is -0.0907. The lowest BCUT2D eigenvalue weighted by atomic mass is 10.3. The molecule has 94 valence electrons. The van der Waals surface area contributed by atoms with Gasteiger partial charge in [0, 0.05) is 18.8 Å². The molecule has 1 aromatic rings. The molecule has 5 heteroatoms. The summed E-state index contributed by atoms with van der Waals surface area (Å²) in [4.78, 5) is 13.5. The number of hydrogen-bond donors (Lipinski definition) is 1. The molecular weight excluding hydrogens is 284 g/mol. The van der Waals surface area contributed by atoms with Crippen LogP contribution < -0.4 is 10.1 Å². The number of hydrogen-bond acceptors (Lipinski definition) is 2. The first-order chi connectivity index (χ1) is 8.12. The fraction of sp³-hybridized carbons (Fsp3) is 0.417. The van der Waals surface area contributed by atoms with E-state index in [9.17, 15) is 4.79 Å². The maximum atomic E-state index is 11.8. The summed E-state index contributed by atoms with van der Waals surface area (Å²) in [5.74, 6) is 0.742. The highest BCUT2D eigenvalue weighted by molar-refractivity contribution is 9.10. The third-order valence-electron chi connectivity index (χ3n) is 2.45. The highest BCUT2D eigenvalue weighted by Gasteiger charge is 2.10. The lowest BCUT2D eigenvalue weighted by molar-refractivity contribution is 0.217. The van der Waals surface area contributed by atoms with Gasteiger partial charge in [-0.3, -0.25) is 0 Å². The van der Waals surface area contributed by atoms with Crippen LogP contribution in [0.1, 0.15) is 13.8 Å². The summed E-state index contributed by atoms with van der Waals surface area (Å²) in [6.07, 6.45) is 0. The lowest BCUT2D eigenvalue weighted by Gasteiger charge is -2.19. The number of halogens is 1. The van der Waals surface area contributed by atoms with Crippen molar-refractivity contribution >= 4 is 27.6 Å². The third kappa shape index (κ3) is 3.63. The molecular formula is C12H17BrN2O2. The van der Waals surface area contributed by atoms with E-state index in [0.29, 0.717) is 13.1 Å². The Morgan fingerprint density at radius 2 is 2.06 bits per heavy atom. The molecule has 0 spiro atoms. The Morgan fingerprint density at radius 3 is 2.53 bits per heavy atom. The Balaban J connectivity index is 2.75. The summed E-state index contributed by atoms with van der Waals surface area (Å²) in [6, 6.07) is 5.35. The van der Waals surface area contributed by atoms with Crippen LogP contribution >= 0.6 is 15.9 Å². The molecule has 0 fully saturated rings. The maximum absolute atomic E-state index is 11.8. The molecule has 0 aliphatic rings. The van der Waals surface area contributed by atoms with Gasteiger partial charge in [-0.15, -0.1) is 0 Å². The van der Waals surface area contributed by atoms with Crippen LogP contribution in [0.3, 0.4) is 0 Å². The third-order valence-corrected chi connectivity index (χ3v) is 3.07. The van der Waals surface area contributed by atoms with Gasteiger partial charge < -0.3 is 15.0 Å². The van der Waals surface area contributed by atoms with Crippen molar-refractivity contribution in [3.8, 4) is 5.75 Å². The topological polar surface area (TPSA) is 41.6 Å². The van der Waals surface area contributed by atoms with E-state index in [2.05, 4.69) is 21.2 Å². The van der Waals surface area contributed by atoms with Gasteiger partial charge in [0.1, 0.15) is 5.75 Å². The van der Waals surface area contributed by atoms with E-state index in [4.69, 9.17) is 4.74 Å². The molecule has 0 saturated carbocycles. The predicted octanol–water partition coefficient (Wildman–Crippen LogP) is 3.33. The van der Waals surface area contributed by atoms with Gasteiger partial charge in [-0.25, -0.2) is 4.79 Å². The number of benzene rings is 1. The highest BCUT2D eigenvalue weighted by atomic mass is 79.9. The monoisotopic (exact) mass is 300 g/mol. The number of methoxy groups -OCH3 is 1. The summed E-state index contributed by atoms with van der Waals surface area (Å²) >= 11 is 3.38. The van der Waals surface area contributed by atoms with Gasteiger partial charge in [0.25, 0.3) is 0 Å². The first-order valence-corrected chi connectivity index (χ1v) is 6.31. The minimum absolute atomic E-state index is 0.0907. The second kappa shape index (κ2) is 6.49. The van der Waals surface area contributed by atoms with Gasteiger partial charge in [0.2, 0.25) is 0 Å². The molecule has 1 rings (SSSR count). The Kier molecular flexibility index (Phi) is 5.28. The minimum Gasteiger partial charge on any atom is -0.496 e. The van der Waals surface area contributed by atoms with Crippen molar-refractivity contribution in [3.05, 3.63) is 22.7 Å². The Labute approximate surface area is 110 Å². The van der Waals surface area contributed by atoms with Crippen molar-refractivity contribution in [1.82, 2.24) is 4.90 Å². The van der Waals surface area contributed by atoms with Gasteiger partial charge >= 0.3 is 6.03 Å². The number of anilines is 1. The summed E-state index contributed by atoms with van der Waals surface area (Å²) in [5.41, 5.74) is 0.745. The molecule has 0 saturated heterocycles. The molecule has 1 aromatic carbocycles. The number of ether oxygens (including phenoxy) is 1. The molecule has 0 atom stereocenters. The Morgan fingerprint density at radius 1 is 1.41 bits per heavy atom. The van der Waals surface area contributed by atoms with E-state index in [1.807, 2.05) is 32.0 Å². The fourth-order valence-corrected chi connectivity index (χ4v) is 2.00. The number of rotatable bonds is 4. The Bertz CT molecular complexity index is 392. The van der Waals surface area contributed by atoms with Crippen LogP contribution in [-0.2, 0) is 0 Å². The molecule has 0 bridgehead atoms. The second-order valence-corrected chi connectivity index (χ2v) is 4.31. The fourth-order valence-electron chi connectivity index (χ4n) is 1.46. The van der Waals surface area contributed by atoms with E-state index in [1.54, 1.807) is 12.0 Å². The van der Waals surface area contributed by atoms with Crippen molar-refractivity contribution in [2.75, 3.05) is 25.5 Å². The molecule has 0 heterocycles. The average Bonchev–Trinajstić information content (AvgIpc) is 2.31. The summed E-state index contributed by atoms with van der Waals surface area (Å²) < 4.78 is 5.94. The molecule has 0 aliphatic carbocycles. The summed E-state index contributed by atoms with van der Waals surface area (Å²) in [5, 5.41) is 2.84. The number of nitrogens with zero attached hydrogens (tertiary/aromatic N) is 1. The van der Waals surface area contributed by atoms with Crippen molar-refractivity contribution in [2.24, 2.45) is 0 Å². The first-order valence-electron chi connectivity index (χ1n) is 5.51. The summed E-state index contributed by atoms with van der Waals surface area (Å²) in [7, 11) is 1.61. The van der Waals surface area contributed by atoms with Crippen LogP contribution in [0.25, 0.3) is 0 Å². The first kappa shape index (κ1) is 13.8. The molecule has 0 radical (unpaired) electrons. The zero-order chi connectivity index (χ0) is 12.8. The van der Waals surface area contributed by atoms with Gasteiger partial charge in [0.05, 0.1) is 11.6 Å². The van der Waals surface area contributed by atoms with Crippen molar-refractivity contribution in [3.63, 3.8) is 0 Å². The van der Waals surface area contributed by atoms with Crippen LogP contribution in [0.2, 0.25) is 0 Å². The normalized spacial score (nSPS) is 9.88. The lowest BCUT2D eigenvalue weighted by Crippen LogP contribution is -2.34. The van der Waals surface area contributed by atoms with Gasteiger partial charge in [-0.2, -0.15) is 0 Å². The molecule has 0 unspecified atom stereocenters. The van der Waals surface area contributed by atoms with Crippen LogP contribution in [-0.4, -0.2) is 31.1 Å². The van der Waals surface area contributed by atoms with E-state index in [0.717, 1.165) is 15.9 Å². The van der Waals surface area contributed by atoms with E-state index >= 15 is 0 Å². The van der Waals surface area contributed by atoms with Crippen LogP contribution in [0.5, 0.6) is 5.75 Å². The number of amides is 2. The molecule has 17 heavy (non-hydrogen) atoms. The zero-order valence-electron chi connectivity index (χ0n) is 10.3. The molecule has 4 nitrogen and oxygen atoms in total. The largest absolute Gasteiger partial charge is 0.496 e. The standard InChI is InChI=1S/C12H17BrN2O2/c1-4-15(5-2)12(16)14-9-6-7-11(17-3)10(13)8-9/h6-8H,4-5H2,1-3H3,(H,14,16). The Hall–Kier alpha value is -1.23. The van der Waals surface area contributed by atoms with Crippen molar-refractivity contribution in [1.29, 1.82) is 0 Å². The van der Waals surface area contributed by atoms with Gasteiger partial charge in [0.15, 0.2) is 0 Å². The highest BCUT2D eigenvalue weighted by Crippen LogP contribution is 2.27. The van der Waals surface area contributed by atoms with Crippen LogP contribution in [0, 0.1) is 0 Å².